The number of carbonyl (C=O) groups is 1. The topological polar surface area (TPSA) is 20.3 Å². The van der Waals surface area contributed by atoms with Gasteiger partial charge in [0.1, 0.15) is 5.78 Å². The Morgan fingerprint density at radius 2 is 1.76 bits per heavy atom. The number of rotatable bonds is 3. The van der Waals surface area contributed by atoms with Crippen molar-refractivity contribution >= 4 is 31.9 Å². The van der Waals surface area contributed by atoms with E-state index in [1.807, 2.05) is 30.3 Å². The van der Waals surface area contributed by atoms with Crippen LogP contribution >= 0.6 is 15.9 Å². The summed E-state index contributed by atoms with van der Waals surface area (Å²) in [5, 5.41) is 0. The predicted octanol–water partition coefficient (Wildman–Crippen LogP) is 4.92. The summed E-state index contributed by atoms with van der Waals surface area (Å²) in [4.78, 5) is 13.9. The van der Waals surface area contributed by atoms with E-state index >= 15 is 0 Å². The monoisotopic (exact) mass is 341 g/mol. The van der Waals surface area contributed by atoms with Gasteiger partial charge in [-0.3, -0.25) is 4.79 Å². The molecule has 1 heterocycles. The van der Waals surface area contributed by atoms with Crippen LogP contribution in [0.25, 0.3) is 4.48 Å². The Bertz CT molecular complexity index is 693. The number of anilines is 1. The van der Waals surface area contributed by atoms with Crippen molar-refractivity contribution in [3.05, 3.63) is 71.9 Å². The molecule has 1 atom stereocenters. The Labute approximate surface area is 133 Å². The zero-order valence-corrected chi connectivity index (χ0v) is 13.4. The summed E-state index contributed by atoms with van der Waals surface area (Å²) < 4.78 is 1.04. The molecule has 0 spiro atoms. The first-order valence-corrected chi connectivity index (χ1v) is 7.75. The first-order chi connectivity index (χ1) is 10.2. The van der Waals surface area contributed by atoms with Crippen LogP contribution in [0.1, 0.15) is 30.5 Å². The van der Waals surface area contributed by atoms with Crippen molar-refractivity contribution < 1.29 is 4.79 Å². The third-order valence-corrected chi connectivity index (χ3v) is 4.33. The minimum atomic E-state index is 0.0439. The summed E-state index contributed by atoms with van der Waals surface area (Å²) in [6.45, 7) is 1.65. The molecular weight excluding hydrogens is 326 g/mol. The predicted molar refractivity (Wildman–Crippen MR) is 90.3 cm³/mol. The number of hydrogen-bond acceptors (Lipinski definition) is 2. The highest BCUT2D eigenvalue weighted by Gasteiger charge is 2.28. The van der Waals surface area contributed by atoms with Crippen LogP contribution in [0.3, 0.4) is 0 Å². The second-order valence-electron chi connectivity index (χ2n) is 5.23. The number of para-hydroxylation sites is 1. The average molecular weight is 342 g/mol. The maximum Gasteiger partial charge on any atom is 0.132 e. The molecule has 106 valence electrons. The van der Waals surface area contributed by atoms with E-state index in [0.29, 0.717) is 6.42 Å². The van der Waals surface area contributed by atoms with E-state index in [2.05, 4.69) is 51.3 Å². The molecule has 0 saturated heterocycles. The molecular formula is C18H16BrNO. The lowest BCUT2D eigenvalue weighted by atomic mass is 9.92. The Morgan fingerprint density at radius 3 is 2.48 bits per heavy atom. The van der Waals surface area contributed by atoms with Crippen LogP contribution < -0.4 is 4.90 Å². The molecule has 0 saturated carbocycles. The van der Waals surface area contributed by atoms with Gasteiger partial charge in [0.2, 0.25) is 0 Å². The molecule has 0 N–H and O–H groups in total. The number of fused-ring (bicyclic) bond motifs is 1. The first kappa shape index (κ1) is 14.1. The molecule has 1 aliphatic rings. The van der Waals surface area contributed by atoms with E-state index in [1.54, 1.807) is 6.92 Å². The lowest BCUT2D eigenvalue weighted by molar-refractivity contribution is -0.117. The maximum absolute atomic E-state index is 11.7. The van der Waals surface area contributed by atoms with Crippen molar-refractivity contribution in [3.8, 4) is 0 Å². The van der Waals surface area contributed by atoms with E-state index in [9.17, 15) is 4.79 Å². The van der Waals surface area contributed by atoms with E-state index in [0.717, 1.165) is 15.7 Å². The molecule has 0 amide bonds. The van der Waals surface area contributed by atoms with Gasteiger partial charge in [-0.25, -0.2) is 0 Å². The Balaban J connectivity index is 2.11. The third-order valence-electron chi connectivity index (χ3n) is 3.70. The minimum Gasteiger partial charge on any atom is -0.339 e. The summed E-state index contributed by atoms with van der Waals surface area (Å²) in [7, 11) is 0. The SMILES string of the molecule is CC(=O)CC1c2ccccc2C(Br)=CN1c1ccccc1. The van der Waals surface area contributed by atoms with Crippen LogP contribution in [-0.4, -0.2) is 5.78 Å². The molecule has 0 fully saturated rings. The standard InChI is InChI=1S/C18H16BrNO/c1-13(21)11-18-16-10-6-5-9-15(16)17(19)12-20(18)14-7-3-2-4-8-14/h2-10,12,18H,11H2,1H3. The fourth-order valence-electron chi connectivity index (χ4n) is 2.77. The highest BCUT2D eigenvalue weighted by Crippen LogP contribution is 2.41. The summed E-state index contributed by atoms with van der Waals surface area (Å²) in [6, 6.07) is 18.5. The average Bonchev–Trinajstić information content (AvgIpc) is 2.50. The van der Waals surface area contributed by atoms with Gasteiger partial charge in [0.15, 0.2) is 0 Å². The van der Waals surface area contributed by atoms with Crippen LogP contribution in [0, 0.1) is 0 Å². The van der Waals surface area contributed by atoms with E-state index in [4.69, 9.17) is 0 Å². The third kappa shape index (κ3) is 2.79. The molecule has 3 heteroatoms. The number of nitrogens with zero attached hydrogens (tertiary/aromatic N) is 1. The van der Waals surface area contributed by atoms with Crippen molar-refractivity contribution in [2.75, 3.05) is 4.90 Å². The quantitative estimate of drug-likeness (QED) is 0.789. The van der Waals surface area contributed by atoms with E-state index in [-0.39, 0.29) is 11.8 Å². The van der Waals surface area contributed by atoms with Crippen LogP contribution in [-0.2, 0) is 4.79 Å². The summed E-state index contributed by atoms with van der Waals surface area (Å²) in [5.74, 6) is 0.196. The minimum absolute atomic E-state index is 0.0439. The number of Topliss-reactive ketones (excluding diaryl/α,β-unsaturated/α-hetero) is 1. The molecule has 0 aromatic heterocycles. The second-order valence-corrected chi connectivity index (χ2v) is 6.08. The van der Waals surface area contributed by atoms with Crippen molar-refractivity contribution in [2.45, 2.75) is 19.4 Å². The molecule has 2 aromatic carbocycles. The normalized spacial score (nSPS) is 17.1. The zero-order valence-electron chi connectivity index (χ0n) is 11.8. The molecule has 3 rings (SSSR count). The molecule has 2 aromatic rings. The van der Waals surface area contributed by atoms with Crippen LogP contribution in [0.4, 0.5) is 5.69 Å². The molecule has 0 radical (unpaired) electrons. The lowest BCUT2D eigenvalue weighted by Crippen LogP contribution is -2.28. The molecule has 1 aliphatic heterocycles. The van der Waals surface area contributed by atoms with Gasteiger partial charge in [0.05, 0.1) is 6.04 Å². The molecule has 2 nitrogen and oxygen atoms in total. The van der Waals surface area contributed by atoms with Gasteiger partial charge in [-0.05, 0) is 46.1 Å². The molecule has 21 heavy (non-hydrogen) atoms. The van der Waals surface area contributed by atoms with Crippen molar-refractivity contribution in [1.82, 2.24) is 0 Å². The van der Waals surface area contributed by atoms with Crippen molar-refractivity contribution in [3.63, 3.8) is 0 Å². The summed E-state index contributed by atoms with van der Waals surface area (Å²) in [6.07, 6.45) is 2.58. The summed E-state index contributed by atoms with van der Waals surface area (Å²) >= 11 is 3.65. The number of carbonyl (C=O) groups excluding carboxylic acids is 1. The van der Waals surface area contributed by atoms with Gasteiger partial charge < -0.3 is 4.90 Å². The fraction of sp³-hybridized carbons (Fsp3) is 0.167. The van der Waals surface area contributed by atoms with Crippen LogP contribution in [0.15, 0.2) is 60.8 Å². The Morgan fingerprint density at radius 1 is 1.10 bits per heavy atom. The smallest absolute Gasteiger partial charge is 0.132 e. The number of hydrogen-bond donors (Lipinski definition) is 0. The van der Waals surface area contributed by atoms with Gasteiger partial charge in [0, 0.05) is 22.8 Å². The first-order valence-electron chi connectivity index (χ1n) is 6.96. The van der Waals surface area contributed by atoms with Crippen molar-refractivity contribution in [1.29, 1.82) is 0 Å². The molecule has 1 unspecified atom stereocenters. The summed E-state index contributed by atoms with van der Waals surface area (Å²) in [5.41, 5.74) is 3.44. The van der Waals surface area contributed by atoms with Crippen LogP contribution in [0.5, 0.6) is 0 Å². The zero-order chi connectivity index (χ0) is 14.8. The largest absolute Gasteiger partial charge is 0.339 e. The van der Waals surface area contributed by atoms with Gasteiger partial charge in [-0.15, -0.1) is 0 Å². The highest BCUT2D eigenvalue weighted by atomic mass is 79.9. The Hall–Kier alpha value is -1.87. The number of benzene rings is 2. The van der Waals surface area contributed by atoms with E-state index < -0.39 is 0 Å². The van der Waals surface area contributed by atoms with E-state index in [1.165, 1.54) is 5.56 Å². The van der Waals surface area contributed by atoms with Gasteiger partial charge in [0.25, 0.3) is 0 Å². The lowest BCUT2D eigenvalue weighted by Gasteiger charge is -2.35. The maximum atomic E-state index is 11.7. The second kappa shape index (κ2) is 5.86. The Kier molecular flexibility index (Phi) is 3.93. The van der Waals surface area contributed by atoms with Gasteiger partial charge >= 0.3 is 0 Å². The van der Waals surface area contributed by atoms with Gasteiger partial charge in [-0.2, -0.15) is 0 Å². The number of ketones is 1. The van der Waals surface area contributed by atoms with Gasteiger partial charge in [-0.1, -0.05) is 42.5 Å². The van der Waals surface area contributed by atoms with Crippen LogP contribution in [0.2, 0.25) is 0 Å². The highest BCUT2D eigenvalue weighted by molar-refractivity contribution is 9.15. The molecule has 0 aliphatic carbocycles. The number of halogens is 1. The van der Waals surface area contributed by atoms with Crippen molar-refractivity contribution in [2.24, 2.45) is 0 Å². The fourth-order valence-corrected chi connectivity index (χ4v) is 3.35. The molecule has 0 bridgehead atoms.